The third-order valence-corrected chi connectivity index (χ3v) is 7.33. The number of aromatic amines is 1. The van der Waals surface area contributed by atoms with Gasteiger partial charge in [0.2, 0.25) is 5.95 Å². The predicted molar refractivity (Wildman–Crippen MR) is 149 cm³/mol. The molecule has 2 fully saturated rings. The average Bonchev–Trinajstić information content (AvgIpc) is 3.65. The second-order valence-electron chi connectivity index (χ2n) is 9.78. The van der Waals surface area contributed by atoms with Crippen molar-refractivity contribution in [2.75, 3.05) is 48.8 Å². The maximum absolute atomic E-state index is 13.1. The largest absolute Gasteiger partial charge is 0.495 e. The van der Waals surface area contributed by atoms with Crippen molar-refractivity contribution in [3.05, 3.63) is 60.0 Å². The van der Waals surface area contributed by atoms with Crippen LogP contribution in [-0.4, -0.2) is 59.1 Å². The lowest BCUT2D eigenvalue weighted by molar-refractivity contribution is 0.102. The number of amides is 1. The number of para-hydroxylation sites is 2. The number of anilines is 4. The van der Waals surface area contributed by atoms with Gasteiger partial charge in [-0.3, -0.25) is 4.79 Å². The number of H-pyrrole nitrogens is 1. The minimum Gasteiger partial charge on any atom is -0.495 e. The summed E-state index contributed by atoms with van der Waals surface area (Å²) in [6, 6.07) is 13.2. The maximum Gasteiger partial charge on any atom is 0.272 e. The van der Waals surface area contributed by atoms with Crippen molar-refractivity contribution in [3.8, 4) is 5.75 Å². The summed E-state index contributed by atoms with van der Waals surface area (Å²) in [5.41, 5.74) is 3.75. The van der Waals surface area contributed by atoms with Crippen LogP contribution in [0.1, 0.15) is 47.8 Å². The van der Waals surface area contributed by atoms with E-state index in [1.54, 1.807) is 7.11 Å². The van der Waals surface area contributed by atoms with Crippen LogP contribution in [-0.2, 0) is 0 Å². The van der Waals surface area contributed by atoms with E-state index in [4.69, 9.17) is 14.7 Å². The first kappa shape index (κ1) is 24.2. The molecule has 10 heteroatoms. The van der Waals surface area contributed by atoms with E-state index in [1.165, 1.54) is 12.8 Å². The maximum atomic E-state index is 13.1. The van der Waals surface area contributed by atoms with Crippen LogP contribution in [0.25, 0.3) is 11.0 Å². The topological polar surface area (TPSA) is 120 Å². The molecular formula is C28H32N8O2. The molecule has 1 aliphatic heterocycles. The number of carbonyl (C=O) groups excluding carboxylic acids is 1. The molecule has 1 aliphatic carbocycles. The van der Waals surface area contributed by atoms with Gasteiger partial charge in [0.05, 0.1) is 30.4 Å². The molecule has 1 amide bonds. The quantitative estimate of drug-likeness (QED) is 0.287. The molecule has 4 aromatic rings. The van der Waals surface area contributed by atoms with Crippen LogP contribution in [0.4, 0.5) is 23.1 Å². The number of ether oxygens (including phenoxy) is 1. The van der Waals surface area contributed by atoms with Gasteiger partial charge in [-0.15, -0.1) is 0 Å². The Kier molecular flexibility index (Phi) is 6.78. The number of rotatable bonds is 7. The summed E-state index contributed by atoms with van der Waals surface area (Å²) < 4.78 is 5.37. The van der Waals surface area contributed by atoms with Gasteiger partial charge in [0, 0.05) is 37.5 Å². The van der Waals surface area contributed by atoms with Crippen molar-refractivity contribution in [2.24, 2.45) is 0 Å². The number of nitrogens with zero attached hydrogens (tertiary/aromatic N) is 4. The third kappa shape index (κ3) is 4.99. The molecule has 1 saturated carbocycles. The minimum atomic E-state index is -0.260. The van der Waals surface area contributed by atoms with Crippen molar-refractivity contribution in [3.63, 3.8) is 0 Å². The van der Waals surface area contributed by atoms with E-state index in [1.807, 2.05) is 42.6 Å². The Morgan fingerprint density at radius 3 is 2.66 bits per heavy atom. The Bertz CT molecular complexity index is 1420. The molecule has 0 unspecified atom stereocenters. The van der Waals surface area contributed by atoms with Crippen molar-refractivity contribution >= 4 is 40.1 Å². The zero-order valence-corrected chi connectivity index (χ0v) is 21.5. The molecule has 4 heterocycles. The summed E-state index contributed by atoms with van der Waals surface area (Å²) in [4.78, 5) is 32.9. The van der Waals surface area contributed by atoms with Gasteiger partial charge in [-0.1, -0.05) is 25.0 Å². The van der Waals surface area contributed by atoms with Gasteiger partial charge in [-0.2, -0.15) is 4.98 Å². The number of pyridine rings is 1. The molecule has 0 bridgehead atoms. The number of fused-ring (bicyclic) bond motifs is 1. The van der Waals surface area contributed by atoms with Crippen molar-refractivity contribution in [2.45, 2.75) is 31.6 Å². The zero-order valence-electron chi connectivity index (χ0n) is 21.5. The van der Waals surface area contributed by atoms with E-state index >= 15 is 0 Å². The number of carbonyl (C=O) groups is 1. The highest BCUT2D eigenvalue weighted by molar-refractivity contribution is 6.06. The van der Waals surface area contributed by atoms with Gasteiger partial charge in [0.25, 0.3) is 5.91 Å². The summed E-state index contributed by atoms with van der Waals surface area (Å²) in [6.07, 6.45) is 6.41. The molecule has 0 spiro atoms. The van der Waals surface area contributed by atoms with Gasteiger partial charge in [0.15, 0.2) is 0 Å². The van der Waals surface area contributed by atoms with Gasteiger partial charge < -0.3 is 30.6 Å². The van der Waals surface area contributed by atoms with E-state index in [2.05, 4.69) is 36.9 Å². The third-order valence-electron chi connectivity index (χ3n) is 7.33. The molecular weight excluding hydrogens is 480 g/mol. The van der Waals surface area contributed by atoms with Crippen molar-refractivity contribution < 1.29 is 9.53 Å². The van der Waals surface area contributed by atoms with Crippen LogP contribution in [0.3, 0.4) is 0 Å². The highest BCUT2D eigenvalue weighted by Gasteiger charge is 2.24. The first-order chi connectivity index (χ1) is 18.7. The fourth-order valence-corrected chi connectivity index (χ4v) is 5.34. The summed E-state index contributed by atoms with van der Waals surface area (Å²) in [5, 5.41) is 10.5. The first-order valence-electron chi connectivity index (χ1n) is 13.2. The second-order valence-corrected chi connectivity index (χ2v) is 9.78. The van der Waals surface area contributed by atoms with E-state index in [0.29, 0.717) is 40.5 Å². The molecule has 38 heavy (non-hydrogen) atoms. The molecule has 1 aromatic carbocycles. The Morgan fingerprint density at radius 1 is 1.08 bits per heavy atom. The smallest absolute Gasteiger partial charge is 0.272 e. The first-order valence-corrected chi connectivity index (χ1v) is 13.2. The molecule has 10 nitrogen and oxygen atoms in total. The summed E-state index contributed by atoms with van der Waals surface area (Å²) in [5.74, 6) is 1.83. The number of methoxy groups -OCH3 is 1. The zero-order chi connectivity index (χ0) is 25.9. The SMILES string of the molecule is COc1ccccc1NC(=O)c1cc2c(C3CCCC3)nc(Nc3ccc(N4CCNCC4)cn3)nc2[nH]1. The van der Waals surface area contributed by atoms with Gasteiger partial charge >= 0.3 is 0 Å². The standard InChI is InChI=1S/C28H32N8O2/c1-38-23-9-5-4-8-21(23)32-27(37)22-16-20-25(18-6-2-3-7-18)34-28(35-26(20)31-22)33-24-11-10-19(17-30-24)36-14-12-29-13-15-36/h4-5,8-11,16-18,29H,2-3,6-7,12-15H2,1H3,(H,32,37)(H2,30,31,33,34,35). The van der Waals surface area contributed by atoms with Crippen molar-refractivity contribution in [1.82, 2.24) is 25.3 Å². The number of hydrogen-bond donors (Lipinski definition) is 4. The van der Waals surface area contributed by atoms with Gasteiger partial charge in [-0.05, 0) is 43.2 Å². The molecule has 6 rings (SSSR count). The number of piperazine rings is 1. The molecule has 0 atom stereocenters. The molecule has 196 valence electrons. The van der Waals surface area contributed by atoms with Crippen LogP contribution >= 0.6 is 0 Å². The summed E-state index contributed by atoms with van der Waals surface area (Å²) in [6.45, 7) is 3.90. The lowest BCUT2D eigenvalue weighted by Crippen LogP contribution is -2.43. The Labute approximate surface area is 221 Å². The summed E-state index contributed by atoms with van der Waals surface area (Å²) in [7, 11) is 1.58. The van der Waals surface area contributed by atoms with Crippen LogP contribution in [0.2, 0.25) is 0 Å². The lowest BCUT2D eigenvalue weighted by Gasteiger charge is -2.29. The molecule has 4 N–H and O–H groups in total. The molecule has 3 aromatic heterocycles. The average molecular weight is 513 g/mol. The summed E-state index contributed by atoms with van der Waals surface area (Å²) >= 11 is 0. The normalized spacial score (nSPS) is 16.1. The highest BCUT2D eigenvalue weighted by Crippen LogP contribution is 2.37. The highest BCUT2D eigenvalue weighted by atomic mass is 16.5. The van der Waals surface area contributed by atoms with Crippen LogP contribution in [0.5, 0.6) is 5.75 Å². The predicted octanol–water partition coefficient (Wildman–Crippen LogP) is 4.42. The number of aromatic nitrogens is 4. The van der Waals surface area contributed by atoms with E-state index in [-0.39, 0.29) is 5.91 Å². The minimum absolute atomic E-state index is 0.260. The van der Waals surface area contributed by atoms with Crippen molar-refractivity contribution in [1.29, 1.82) is 0 Å². The van der Waals surface area contributed by atoms with Crippen LogP contribution < -0.4 is 25.6 Å². The van der Waals surface area contributed by atoms with E-state index in [9.17, 15) is 4.79 Å². The van der Waals surface area contributed by atoms with E-state index < -0.39 is 0 Å². The van der Waals surface area contributed by atoms with E-state index in [0.717, 1.165) is 55.8 Å². The molecule has 0 radical (unpaired) electrons. The fourth-order valence-electron chi connectivity index (χ4n) is 5.34. The Morgan fingerprint density at radius 2 is 1.89 bits per heavy atom. The van der Waals surface area contributed by atoms with Gasteiger partial charge in [0.1, 0.15) is 22.9 Å². The van der Waals surface area contributed by atoms with Crippen LogP contribution in [0, 0.1) is 0 Å². The number of nitrogens with one attached hydrogen (secondary N) is 4. The number of hydrogen-bond acceptors (Lipinski definition) is 8. The fraction of sp³-hybridized carbons (Fsp3) is 0.357. The monoisotopic (exact) mass is 512 g/mol. The van der Waals surface area contributed by atoms with Crippen LogP contribution in [0.15, 0.2) is 48.7 Å². The molecule has 1 saturated heterocycles. The second kappa shape index (κ2) is 10.7. The molecule has 2 aliphatic rings. The Hall–Kier alpha value is -4.18. The lowest BCUT2D eigenvalue weighted by atomic mass is 10.0. The number of benzene rings is 1. The van der Waals surface area contributed by atoms with Gasteiger partial charge in [-0.25, -0.2) is 9.97 Å². The Balaban J connectivity index is 1.28.